The molecular weight excluding hydrogens is 464 g/mol. The van der Waals surface area contributed by atoms with Crippen LogP contribution in [-0.4, -0.2) is 13.0 Å². The highest BCUT2D eigenvalue weighted by Crippen LogP contribution is 2.27. The van der Waals surface area contributed by atoms with Gasteiger partial charge in [0.1, 0.15) is 4.21 Å². The molecule has 0 aliphatic heterocycles. The van der Waals surface area contributed by atoms with Crippen molar-refractivity contribution in [2.24, 2.45) is 4.40 Å². The highest BCUT2D eigenvalue weighted by atomic mass is 79.9. The minimum Gasteiger partial charge on any atom is -0.312 e. The third kappa shape index (κ3) is 4.15. The van der Waals surface area contributed by atoms with Crippen LogP contribution in [0.5, 0.6) is 0 Å². The molecule has 0 radical (unpaired) electrons. The number of rotatable bonds is 5. The zero-order valence-electron chi connectivity index (χ0n) is 12.7. The molecule has 3 aromatic rings. The summed E-state index contributed by atoms with van der Waals surface area (Å²) in [6, 6.07) is 10.8. The summed E-state index contributed by atoms with van der Waals surface area (Å²) in [6.07, 6.45) is 1.71. The third-order valence-corrected chi connectivity index (χ3v) is 7.72. The number of hydrogen-bond acceptors (Lipinski definition) is 4. The zero-order chi connectivity index (χ0) is 18.0. The van der Waals surface area contributed by atoms with Crippen LogP contribution in [0.2, 0.25) is 4.34 Å². The lowest BCUT2D eigenvalue weighted by molar-refractivity contribution is 0.597. The highest BCUT2D eigenvalue weighted by Gasteiger charge is 2.17. The van der Waals surface area contributed by atoms with Gasteiger partial charge in [0, 0.05) is 16.4 Å². The average Bonchev–Trinajstić information content (AvgIpc) is 3.16. The van der Waals surface area contributed by atoms with Crippen LogP contribution in [0.3, 0.4) is 0 Å². The molecule has 0 atom stereocenters. The van der Waals surface area contributed by atoms with Crippen molar-refractivity contribution in [3.8, 4) is 11.3 Å². The van der Waals surface area contributed by atoms with Crippen molar-refractivity contribution in [3.63, 3.8) is 0 Å². The number of benzene rings is 1. The summed E-state index contributed by atoms with van der Waals surface area (Å²) in [5, 5.41) is 1.89. The predicted molar refractivity (Wildman–Crippen MR) is 108 cm³/mol. The van der Waals surface area contributed by atoms with Crippen molar-refractivity contribution in [2.45, 2.75) is 10.8 Å². The molecular formula is C16H12BrClN2O2S3. The molecule has 0 unspecified atom stereocenters. The lowest BCUT2D eigenvalue weighted by Crippen LogP contribution is -2.17. The van der Waals surface area contributed by atoms with Gasteiger partial charge in [-0.05, 0) is 29.8 Å². The van der Waals surface area contributed by atoms with Crippen LogP contribution in [0.1, 0.15) is 0 Å². The lowest BCUT2D eigenvalue weighted by atomic mass is 10.2. The molecule has 0 bridgehead atoms. The molecule has 0 saturated carbocycles. The van der Waals surface area contributed by atoms with E-state index in [0.29, 0.717) is 15.7 Å². The first kappa shape index (κ1) is 18.6. The first-order valence-corrected chi connectivity index (χ1v) is 11.3. The van der Waals surface area contributed by atoms with Crippen LogP contribution in [0.15, 0.2) is 67.5 Å². The quantitative estimate of drug-likeness (QED) is 0.478. The maximum atomic E-state index is 12.5. The molecule has 0 fully saturated rings. The maximum Gasteiger partial charge on any atom is 0.294 e. The number of aromatic nitrogens is 1. The standard InChI is InChI=1S/C16H12BrClN2O2S3/c1-2-9-20-13(11-3-5-12(17)6-4-11)10-23-16(20)19-25(21,22)15-8-7-14(18)24-15/h2-8,10H,1,9H2. The maximum absolute atomic E-state index is 12.5. The molecule has 2 aromatic heterocycles. The minimum absolute atomic E-state index is 0.126. The largest absolute Gasteiger partial charge is 0.312 e. The summed E-state index contributed by atoms with van der Waals surface area (Å²) in [7, 11) is -3.80. The van der Waals surface area contributed by atoms with E-state index >= 15 is 0 Å². The number of thiazole rings is 1. The number of thiophene rings is 1. The topological polar surface area (TPSA) is 51.4 Å². The van der Waals surface area contributed by atoms with E-state index in [1.54, 1.807) is 12.1 Å². The van der Waals surface area contributed by atoms with Crippen molar-refractivity contribution >= 4 is 60.2 Å². The van der Waals surface area contributed by atoms with Crippen LogP contribution in [0, 0.1) is 0 Å². The van der Waals surface area contributed by atoms with Crippen molar-refractivity contribution in [2.75, 3.05) is 0 Å². The molecule has 25 heavy (non-hydrogen) atoms. The summed E-state index contributed by atoms with van der Waals surface area (Å²) >= 11 is 11.5. The number of allylic oxidation sites excluding steroid dienone is 1. The Hall–Kier alpha value is -1.19. The van der Waals surface area contributed by atoms with Crippen LogP contribution in [0.25, 0.3) is 11.3 Å². The monoisotopic (exact) mass is 474 g/mol. The molecule has 0 aliphatic rings. The fourth-order valence-electron chi connectivity index (χ4n) is 2.14. The van der Waals surface area contributed by atoms with Gasteiger partial charge in [0.25, 0.3) is 10.0 Å². The third-order valence-electron chi connectivity index (χ3n) is 3.25. The van der Waals surface area contributed by atoms with E-state index in [-0.39, 0.29) is 4.21 Å². The Morgan fingerprint density at radius 3 is 2.56 bits per heavy atom. The average molecular weight is 476 g/mol. The fraction of sp³-hybridized carbons (Fsp3) is 0.0625. The van der Waals surface area contributed by atoms with Gasteiger partial charge in [0.2, 0.25) is 4.80 Å². The second-order valence-electron chi connectivity index (χ2n) is 4.93. The minimum atomic E-state index is -3.80. The number of nitrogens with zero attached hydrogens (tertiary/aromatic N) is 2. The fourth-order valence-corrected chi connectivity index (χ4v) is 6.01. The van der Waals surface area contributed by atoms with E-state index in [1.807, 2.05) is 34.2 Å². The number of hydrogen-bond donors (Lipinski definition) is 0. The summed E-state index contributed by atoms with van der Waals surface area (Å²) in [6.45, 7) is 4.21. The Bertz CT molecular complexity index is 1080. The first-order chi connectivity index (χ1) is 11.9. The van der Waals surface area contributed by atoms with Gasteiger partial charge in [0.05, 0.1) is 10.0 Å². The molecule has 1 aromatic carbocycles. The smallest absolute Gasteiger partial charge is 0.294 e. The molecule has 9 heteroatoms. The molecule has 0 aliphatic carbocycles. The summed E-state index contributed by atoms with van der Waals surface area (Å²) in [5.41, 5.74) is 1.86. The Morgan fingerprint density at radius 2 is 1.96 bits per heavy atom. The Labute approximate surface area is 166 Å². The summed E-state index contributed by atoms with van der Waals surface area (Å²) in [5.74, 6) is 0. The van der Waals surface area contributed by atoms with E-state index in [4.69, 9.17) is 11.6 Å². The molecule has 0 spiro atoms. The number of halogens is 2. The van der Waals surface area contributed by atoms with E-state index < -0.39 is 10.0 Å². The van der Waals surface area contributed by atoms with E-state index in [9.17, 15) is 8.42 Å². The SMILES string of the molecule is C=CCn1c(-c2ccc(Br)cc2)csc1=NS(=O)(=O)c1ccc(Cl)s1. The second-order valence-corrected chi connectivity index (χ2v) is 10.2. The van der Waals surface area contributed by atoms with Gasteiger partial charge in [0.15, 0.2) is 0 Å². The van der Waals surface area contributed by atoms with Crippen LogP contribution in [0.4, 0.5) is 0 Å². The molecule has 0 N–H and O–H groups in total. The van der Waals surface area contributed by atoms with Gasteiger partial charge in [-0.2, -0.15) is 8.42 Å². The Kier molecular flexibility index (Phi) is 5.65. The molecule has 2 heterocycles. The number of sulfonamides is 1. The van der Waals surface area contributed by atoms with Crippen LogP contribution in [-0.2, 0) is 16.6 Å². The van der Waals surface area contributed by atoms with Gasteiger partial charge in [-0.1, -0.05) is 45.7 Å². The molecule has 3 rings (SSSR count). The van der Waals surface area contributed by atoms with Gasteiger partial charge >= 0.3 is 0 Å². The van der Waals surface area contributed by atoms with Crippen LogP contribution < -0.4 is 4.80 Å². The van der Waals surface area contributed by atoms with E-state index in [1.165, 1.54) is 17.4 Å². The second kappa shape index (κ2) is 7.59. The molecule has 0 saturated heterocycles. The van der Waals surface area contributed by atoms with E-state index in [0.717, 1.165) is 27.1 Å². The van der Waals surface area contributed by atoms with Crippen molar-refractivity contribution < 1.29 is 8.42 Å². The lowest BCUT2D eigenvalue weighted by Gasteiger charge is -2.06. The van der Waals surface area contributed by atoms with Crippen molar-refractivity contribution in [1.29, 1.82) is 0 Å². The Balaban J connectivity index is 2.14. The van der Waals surface area contributed by atoms with Gasteiger partial charge in [-0.15, -0.1) is 33.7 Å². The molecule has 130 valence electrons. The van der Waals surface area contributed by atoms with Gasteiger partial charge in [-0.25, -0.2) is 0 Å². The highest BCUT2D eigenvalue weighted by molar-refractivity contribution is 9.10. The normalized spacial score (nSPS) is 12.5. The van der Waals surface area contributed by atoms with Crippen molar-refractivity contribution in [1.82, 2.24) is 4.57 Å². The van der Waals surface area contributed by atoms with Gasteiger partial charge < -0.3 is 4.57 Å². The molecule has 0 amide bonds. The van der Waals surface area contributed by atoms with E-state index in [2.05, 4.69) is 26.9 Å². The molecule has 4 nitrogen and oxygen atoms in total. The summed E-state index contributed by atoms with van der Waals surface area (Å²) in [4.78, 5) is 0.391. The zero-order valence-corrected chi connectivity index (χ0v) is 17.5. The first-order valence-electron chi connectivity index (χ1n) is 7.02. The van der Waals surface area contributed by atoms with Gasteiger partial charge in [-0.3, -0.25) is 0 Å². The summed E-state index contributed by atoms with van der Waals surface area (Å²) < 4.78 is 32.4. The van der Waals surface area contributed by atoms with Crippen LogP contribution >= 0.6 is 50.2 Å². The van der Waals surface area contributed by atoms with Crippen molar-refractivity contribution in [3.05, 3.63) is 68.0 Å². The predicted octanol–water partition coefficient (Wildman–Crippen LogP) is 5.17. The Morgan fingerprint density at radius 1 is 1.24 bits per heavy atom.